The van der Waals surface area contributed by atoms with Crippen molar-refractivity contribution in [1.29, 1.82) is 0 Å². The van der Waals surface area contributed by atoms with E-state index in [1.165, 1.54) is 32.3 Å². The van der Waals surface area contributed by atoms with Crippen molar-refractivity contribution in [3.8, 4) is 10.4 Å². The zero-order valence-electron chi connectivity index (χ0n) is 12.7. The molecule has 1 heterocycles. The molecule has 4 heteroatoms. The SMILES string of the molecule is C=C(C)C(=O)OCSc1ccc2cc(-c3ccccc3)sc2c1. The fourth-order valence-corrected chi connectivity index (χ4v) is 3.97. The van der Waals surface area contributed by atoms with Crippen molar-refractivity contribution in [2.75, 3.05) is 5.94 Å². The lowest BCUT2D eigenvalue weighted by Gasteiger charge is -2.04. The van der Waals surface area contributed by atoms with E-state index in [1.54, 1.807) is 18.3 Å². The predicted molar refractivity (Wildman–Crippen MR) is 98.9 cm³/mol. The lowest BCUT2D eigenvalue weighted by molar-refractivity contribution is -0.136. The van der Waals surface area contributed by atoms with Gasteiger partial charge in [0.25, 0.3) is 0 Å². The van der Waals surface area contributed by atoms with E-state index in [2.05, 4.69) is 55.1 Å². The fourth-order valence-electron chi connectivity index (χ4n) is 2.12. The maximum atomic E-state index is 11.4. The van der Waals surface area contributed by atoms with Gasteiger partial charge in [-0.2, -0.15) is 0 Å². The Morgan fingerprint density at radius 3 is 2.70 bits per heavy atom. The molecule has 2 nitrogen and oxygen atoms in total. The molecule has 3 rings (SSSR count). The minimum Gasteiger partial charge on any atom is -0.451 e. The number of fused-ring (bicyclic) bond motifs is 1. The van der Waals surface area contributed by atoms with Crippen LogP contribution in [0.25, 0.3) is 20.5 Å². The fraction of sp³-hybridized carbons (Fsp3) is 0.105. The molecule has 0 aliphatic carbocycles. The second-order valence-electron chi connectivity index (χ2n) is 5.15. The molecular formula is C19H16O2S2. The second kappa shape index (κ2) is 7.02. The van der Waals surface area contributed by atoms with Crippen molar-refractivity contribution >= 4 is 39.2 Å². The van der Waals surface area contributed by atoms with Crippen LogP contribution in [-0.4, -0.2) is 11.9 Å². The molecule has 0 atom stereocenters. The Labute approximate surface area is 143 Å². The van der Waals surface area contributed by atoms with Gasteiger partial charge in [0.15, 0.2) is 0 Å². The first-order chi connectivity index (χ1) is 11.1. The largest absolute Gasteiger partial charge is 0.451 e. The number of thiophene rings is 1. The zero-order chi connectivity index (χ0) is 16.2. The number of hydrogen-bond donors (Lipinski definition) is 0. The van der Waals surface area contributed by atoms with Crippen molar-refractivity contribution < 1.29 is 9.53 Å². The molecule has 0 bridgehead atoms. The van der Waals surface area contributed by atoms with E-state index in [0.717, 1.165) is 4.90 Å². The van der Waals surface area contributed by atoms with Crippen molar-refractivity contribution in [1.82, 2.24) is 0 Å². The van der Waals surface area contributed by atoms with Gasteiger partial charge in [-0.25, -0.2) is 4.79 Å². The smallest absolute Gasteiger partial charge is 0.333 e. The number of benzene rings is 2. The number of ether oxygens (including phenoxy) is 1. The van der Waals surface area contributed by atoms with E-state index in [4.69, 9.17) is 4.74 Å². The van der Waals surface area contributed by atoms with Gasteiger partial charge in [0.05, 0.1) is 0 Å². The number of thioether (sulfide) groups is 1. The van der Waals surface area contributed by atoms with Gasteiger partial charge >= 0.3 is 5.97 Å². The normalized spacial score (nSPS) is 10.7. The van der Waals surface area contributed by atoms with Crippen LogP contribution in [-0.2, 0) is 9.53 Å². The van der Waals surface area contributed by atoms with Crippen LogP contribution in [0.2, 0.25) is 0 Å². The Morgan fingerprint density at radius 2 is 1.96 bits per heavy atom. The summed E-state index contributed by atoms with van der Waals surface area (Å²) in [7, 11) is 0. The van der Waals surface area contributed by atoms with Crippen LogP contribution in [0.3, 0.4) is 0 Å². The molecule has 0 aliphatic heterocycles. The second-order valence-corrected chi connectivity index (χ2v) is 7.23. The highest BCUT2D eigenvalue weighted by atomic mass is 32.2. The highest BCUT2D eigenvalue weighted by molar-refractivity contribution is 7.99. The molecule has 0 saturated heterocycles. The Morgan fingerprint density at radius 1 is 1.17 bits per heavy atom. The number of carbonyl (C=O) groups is 1. The first-order valence-electron chi connectivity index (χ1n) is 7.18. The Hall–Kier alpha value is -2.04. The Balaban J connectivity index is 1.74. The molecule has 2 aromatic carbocycles. The van der Waals surface area contributed by atoms with Gasteiger partial charge in [0.1, 0.15) is 5.94 Å². The molecule has 0 N–H and O–H groups in total. The number of rotatable bonds is 5. The highest BCUT2D eigenvalue weighted by Crippen LogP contribution is 2.35. The minimum absolute atomic E-state index is 0.300. The first kappa shape index (κ1) is 15.8. The summed E-state index contributed by atoms with van der Waals surface area (Å²) in [6, 6.07) is 18.9. The van der Waals surface area contributed by atoms with Gasteiger partial charge in [-0.1, -0.05) is 54.7 Å². The molecule has 0 fully saturated rings. The molecule has 116 valence electrons. The van der Waals surface area contributed by atoms with Crippen molar-refractivity contribution in [2.24, 2.45) is 0 Å². The van der Waals surface area contributed by atoms with Crippen molar-refractivity contribution in [3.05, 3.63) is 66.7 Å². The monoisotopic (exact) mass is 340 g/mol. The summed E-state index contributed by atoms with van der Waals surface area (Å²) in [4.78, 5) is 13.7. The van der Waals surface area contributed by atoms with E-state index < -0.39 is 0 Å². The maximum absolute atomic E-state index is 11.4. The third-order valence-electron chi connectivity index (χ3n) is 3.31. The molecule has 0 amide bonds. The summed E-state index contributed by atoms with van der Waals surface area (Å²) >= 11 is 3.28. The van der Waals surface area contributed by atoms with Gasteiger partial charge in [-0.3, -0.25) is 0 Å². The summed E-state index contributed by atoms with van der Waals surface area (Å²) in [5.41, 5.74) is 1.66. The van der Waals surface area contributed by atoms with Gasteiger partial charge in [0.2, 0.25) is 0 Å². The molecule has 0 aliphatic rings. The number of hydrogen-bond acceptors (Lipinski definition) is 4. The molecule has 0 spiro atoms. The van der Waals surface area contributed by atoms with Crippen molar-refractivity contribution in [2.45, 2.75) is 11.8 Å². The first-order valence-corrected chi connectivity index (χ1v) is 8.98. The summed E-state index contributed by atoms with van der Waals surface area (Å²) in [5.74, 6) is -0.0465. The van der Waals surface area contributed by atoms with Crippen LogP contribution in [0.4, 0.5) is 0 Å². The van der Waals surface area contributed by atoms with Gasteiger partial charge in [-0.05, 0) is 36.1 Å². The van der Waals surface area contributed by atoms with E-state index in [9.17, 15) is 4.79 Å². The van der Waals surface area contributed by atoms with Crippen LogP contribution in [0.15, 0.2) is 71.6 Å². The quantitative estimate of drug-likeness (QED) is 0.256. The standard InChI is InChI=1S/C19H16O2S2/c1-13(2)19(20)21-12-22-16-9-8-15-10-17(23-18(15)11-16)14-6-4-3-5-7-14/h3-11H,1,12H2,2H3. The van der Waals surface area contributed by atoms with E-state index in [1.807, 2.05) is 6.07 Å². The van der Waals surface area contributed by atoms with E-state index in [-0.39, 0.29) is 5.97 Å². The van der Waals surface area contributed by atoms with Crippen LogP contribution in [0.1, 0.15) is 6.92 Å². The van der Waals surface area contributed by atoms with Gasteiger partial charge in [-0.15, -0.1) is 11.3 Å². The summed E-state index contributed by atoms with van der Waals surface area (Å²) in [6.07, 6.45) is 0. The third-order valence-corrected chi connectivity index (χ3v) is 5.28. The zero-order valence-corrected chi connectivity index (χ0v) is 14.4. The maximum Gasteiger partial charge on any atom is 0.333 e. The van der Waals surface area contributed by atoms with Gasteiger partial charge < -0.3 is 4.74 Å². The third kappa shape index (κ3) is 3.84. The molecule has 1 aromatic heterocycles. The van der Waals surface area contributed by atoms with Gasteiger partial charge in [0, 0.05) is 20.0 Å². The molecule has 23 heavy (non-hydrogen) atoms. The van der Waals surface area contributed by atoms with E-state index in [0.29, 0.717) is 11.5 Å². The molecule has 0 unspecified atom stereocenters. The Kier molecular flexibility index (Phi) is 4.84. The lowest BCUT2D eigenvalue weighted by Crippen LogP contribution is -2.03. The Bertz CT molecular complexity index is 850. The molecular weight excluding hydrogens is 324 g/mol. The van der Waals surface area contributed by atoms with Crippen LogP contribution in [0, 0.1) is 0 Å². The predicted octanol–water partition coefficient (Wildman–Crippen LogP) is 5.74. The average Bonchev–Trinajstić information content (AvgIpc) is 2.98. The van der Waals surface area contributed by atoms with E-state index >= 15 is 0 Å². The van der Waals surface area contributed by atoms with Crippen molar-refractivity contribution in [3.63, 3.8) is 0 Å². The summed E-state index contributed by atoms with van der Waals surface area (Å²) < 4.78 is 6.36. The summed E-state index contributed by atoms with van der Waals surface area (Å²) in [5, 5.41) is 1.23. The van der Waals surface area contributed by atoms with Crippen LogP contribution >= 0.6 is 23.1 Å². The molecule has 0 radical (unpaired) electrons. The number of esters is 1. The highest BCUT2D eigenvalue weighted by Gasteiger charge is 2.07. The minimum atomic E-state index is -0.346. The molecule has 3 aromatic rings. The topological polar surface area (TPSA) is 26.3 Å². The van der Waals surface area contributed by atoms with Crippen LogP contribution < -0.4 is 0 Å². The average molecular weight is 340 g/mol. The molecule has 0 saturated carbocycles. The number of carbonyl (C=O) groups excluding carboxylic acids is 1. The summed E-state index contributed by atoms with van der Waals surface area (Å²) in [6.45, 7) is 5.22. The lowest BCUT2D eigenvalue weighted by atomic mass is 10.1. The van der Waals surface area contributed by atoms with Crippen LogP contribution in [0.5, 0.6) is 0 Å².